The van der Waals surface area contributed by atoms with Crippen molar-refractivity contribution in [3.63, 3.8) is 0 Å². The Bertz CT molecular complexity index is 350. The van der Waals surface area contributed by atoms with E-state index in [1.54, 1.807) is 6.20 Å². The Hall–Kier alpha value is -0.770. The Morgan fingerprint density at radius 1 is 1.40 bits per heavy atom. The smallest absolute Gasteiger partial charge is 0.179 e. The van der Waals surface area contributed by atoms with E-state index < -0.39 is 0 Å². The van der Waals surface area contributed by atoms with Gasteiger partial charge in [-0.2, -0.15) is 0 Å². The van der Waals surface area contributed by atoms with Crippen LogP contribution >= 0.6 is 15.9 Å². The molecule has 0 amide bonds. The Labute approximate surface area is 97.9 Å². The van der Waals surface area contributed by atoms with E-state index in [2.05, 4.69) is 20.9 Å². The molecule has 15 heavy (non-hydrogen) atoms. The van der Waals surface area contributed by atoms with Gasteiger partial charge in [0.15, 0.2) is 11.5 Å². The fourth-order valence-electron chi connectivity index (χ4n) is 1.20. The highest BCUT2D eigenvalue weighted by atomic mass is 79.9. The van der Waals surface area contributed by atoms with Crippen molar-refractivity contribution in [2.45, 2.75) is 38.9 Å². The van der Waals surface area contributed by atoms with Crippen LogP contribution in [0, 0.1) is 0 Å². The Balaban J connectivity index is 2.17. The summed E-state index contributed by atoms with van der Waals surface area (Å²) in [4.78, 5) is 4.14. The topological polar surface area (TPSA) is 31.4 Å². The quantitative estimate of drug-likeness (QED) is 0.789. The third kappa shape index (κ3) is 3.09. The maximum Gasteiger partial charge on any atom is 0.179 e. The molecule has 0 unspecified atom stereocenters. The molecule has 0 aliphatic heterocycles. The molecule has 1 aliphatic carbocycles. The number of halogens is 1. The van der Waals surface area contributed by atoms with Crippen LogP contribution in [-0.4, -0.2) is 17.2 Å². The lowest BCUT2D eigenvalue weighted by Gasteiger charge is -2.14. The molecule has 0 spiro atoms. The molecular formula is C11H14BrNO2. The van der Waals surface area contributed by atoms with Crippen LogP contribution in [0.5, 0.6) is 11.5 Å². The maximum absolute atomic E-state index is 5.70. The van der Waals surface area contributed by atoms with Crippen molar-refractivity contribution in [1.82, 2.24) is 4.98 Å². The normalized spacial score (nSPS) is 15.5. The van der Waals surface area contributed by atoms with Crippen molar-refractivity contribution in [2.75, 3.05) is 0 Å². The first-order chi connectivity index (χ1) is 7.15. The summed E-state index contributed by atoms with van der Waals surface area (Å²) in [5, 5.41) is 0. The van der Waals surface area contributed by atoms with Crippen LogP contribution in [0.25, 0.3) is 0 Å². The lowest BCUT2D eigenvalue weighted by atomic mass is 10.4. The van der Waals surface area contributed by atoms with Gasteiger partial charge in [-0.1, -0.05) is 0 Å². The molecule has 1 fully saturated rings. The first-order valence-corrected chi connectivity index (χ1v) is 5.93. The van der Waals surface area contributed by atoms with E-state index in [0.717, 1.165) is 28.9 Å². The zero-order valence-electron chi connectivity index (χ0n) is 8.87. The highest BCUT2D eigenvalue weighted by Crippen LogP contribution is 2.34. The summed E-state index contributed by atoms with van der Waals surface area (Å²) in [6.07, 6.45) is 4.48. The van der Waals surface area contributed by atoms with Crippen molar-refractivity contribution in [2.24, 2.45) is 0 Å². The lowest BCUT2D eigenvalue weighted by Crippen LogP contribution is -2.08. The van der Waals surface area contributed by atoms with Gasteiger partial charge in [-0.15, -0.1) is 0 Å². The molecule has 0 bridgehead atoms. The van der Waals surface area contributed by atoms with Crippen molar-refractivity contribution < 1.29 is 9.47 Å². The lowest BCUT2D eigenvalue weighted by molar-refractivity contribution is 0.216. The molecule has 1 aromatic rings. The molecular weight excluding hydrogens is 258 g/mol. The van der Waals surface area contributed by atoms with Gasteiger partial charge in [0.25, 0.3) is 0 Å². The third-order valence-electron chi connectivity index (χ3n) is 1.98. The van der Waals surface area contributed by atoms with Gasteiger partial charge in [0.2, 0.25) is 0 Å². The molecule has 3 nitrogen and oxygen atoms in total. The van der Waals surface area contributed by atoms with E-state index in [0.29, 0.717) is 6.10 Å². The largest absolute Gasteiger partial charge is 0.487 e. The van der Waals surface area contributed by atoms with Crippen molar-refractivity contribution in [3.8, 4) is 11.5 Å². The molecule has 0 aromatic carbocycles. The summed E-state index contributed by atoms with van der Waals surface area (Å²) in [5.74, 6) is 1.51. The Morgan fingerprint density at radius 3 is 2.73 bits per heavy atom. The molecule has 0 radical (unpaired) electrons. The molecule has 1 aliphatic rings. The second-order valence-corrected chi connectivity index (χ2v) is 4.75. The molecule has 4 heteroatoms. The molecule has 0 saturated heterocycles. The number of ether oxygens (including phenoxy) is 2. The van der Waals surface area contributed by atoms with Gasteiger partial charge in [0.1, 0.15) is 4.60 Å². The predicted molar refractivity (Wildman–Crippen MR) is 61.4 cm³/mol. The van der Waals surface area contributed by atoms with E-state index in [1.165, 1.54) is 0 Å². The summed E-state index contributed by atoms with van der Waals surface area (Å²) in [7, 11) is 0. The highest BCUT2D eigenvalue weighted by molar-refractivity contribution is 9.10. The third-order valence-corrected chi connectivity index (χ3v) is 2.41. The average molecular weight is 272 g/mol. The molecule has 0 atom stereocenters. The van der Waals surface area contributed by atoms with Crippen LogP contribution < -0.4 is 9.47 Å². The average Bonchev–Trinajstić information content (AvgIpc) is 2.92. The zero-order valence-corrected chi connectivity index (χ0v) is 10.5. The van der Waals surface area contributed by atoms with Crippen molar-refractivity contribution >= 4 is 15.9 Å². The molecule has 1 aromatic heterocycles. The molecule has 82 valence electrons. The maximum atomic E-state index is 5.70. The van der Waals surface area contributed by atoms with Gasteiger partial charge < -0.3 is 9.47 Å². The van der Waals surface area contributed by atoms with Crippen LogP contribution in [0.2, 0.25) is 0 Å². The van der Waals surface area contributed by atoms with Gasteiger partial charge in [0.05, 0.1) is 18.4 Å². The SMILES string of the molecule is CC(C)Oc1cc(Br)ncc1OC1CC1. The fourth-order valence-corrected chi connectivity index (χ4v) is 1.51. The summed E-state index contributed by atoms with van der Waals surface area (Å²) < 4.78 is 12.1. The van der Waals surface area contributed by atoms with E-state index in [-0.39, 0.29) is 6.10 Å². The minimum Gasteiger partial charge on any atom is -0.487 e. The van der Waals surface area contributed by atoms with Gasteiger partial charge in [-0.05, 0) is 42.6 Å². The number of rotatable bonds is 4. The molecule has 1 saturated carbocycles. The monoisotopic (exact) mass is 271 g/mol. The van der Waals surface area contributed by atoms with Gasteiger partial charge in [0, 0.05) is 6.07 Å². The van der Waals surface area contributed by atoms with E-state index >= 15 is 0 Å². The van der Waals surface area contributed by atoms with E-state index in [9.17, 15) is 0 Å². The standard InChI is InChI=1S/C11H14BrNO2/c1-7(2)14-9-5-11(12)13-6-10(9)15-8-3-4-8/h5-8H,3-4H2,1-2H3. The summed E-state index contributed by atoms with van der Waals surface area (Å²) in [5.41, 5.74) is 0. The molecule has 2 rings (SSSR count). The van der Waals surface area contributed by atoms with Gasteiger partial charge in [-0.25, -0.2) is 4.98 Å². The number of hydrogen-bond acceptors (Lipinski definition) is 3. The summed E-state index contributed by atoms with van der Waals surface area (Å²) >= 11 is 3.32. The van der Waals surface area contributed by atoms with Crippen LogP contribution in [0.4, 0.5) is 0 Å². The second kappa shape index (κ2) is 4.39. The minimum absolute atomic E-state index is 0.140. The van der Waals surface area contributed by atoms with E-state index in [4.69, 9.17) is 9.47 Å². The number of nitrogens with zero attached hydrogens (tertiary/aromatic N) is 1. The first-order valence-electron chi connectivity index (χ1n) is 5.14. The molecule has 1 heterocycles. The number of hydrogen-bond donors (Lipinski definition) is 0. The predicted octanol–water partition coefficient (Wildman–Crippen LogP) is 3.17. The Morgan fingerprint density at radius 2 is 2.13 bits per heavy atom. The first kappa shape index (κ1) is 10.7. The summed E-state index contributed by atoms with van der Waals surface area (Å²) in [6, 6.07) is 1.84. The van der Waals surface area contributed by atoms with Crippen LogP contribution in [0.1, 0.15) is 26.7 Å². The zero-order chi connectivity index (χ0) is 10.8. The fraction of sp³-hybridized carbons (Fsp3) is 0.545. The molecule has 0 N–H and O–H groups in total. The number of pyridine rings is 1. The van der Waals surface area contributed by atoms with Crippen LogP contribution in [0.3, 0.4) is 0 Å². The van der Waals surface area contributed by atoms with Gasteiger partial charge >= 0.3 is 0 Å². The van der Waals surface area contributed by atoms with Gasteiger partial charge in [-0.3, -0.25) is 0 Å². The second-order valence-electron chi connectivity index (χ2n) is 3.94. The summed E-state index contributed by atoms with van der Waals surface area (Å²) in [6.45, 7) is 3.99. The van der Waals surface area contributed by atoms with Crippen molar-refractivity contribution in [3.05, 3.63) is 16.9 Å². The van der Waals surface area contributed by atoms with Crippen LogP contribution in [-0.2, 0) is 0 Å². The van der Waals surface area contributed by atoms with Crippen LogP contribution in [0.15, 0.2) is 16.9 Å². The number of aromatic nitrogens is 1. The highest BCUT2D eigenvalue weighted by Gasteiger charge is 2.25. The Kier molecular flexibility index (Phi) is 3.14. The minimum atomic E-state index is 0.140. The van der Waals surface area contributed by atoms with E-state index in [1.807, 2.05) is 19.9 Å². The van der Waals surface area contributed by atoms with Crippen molar-refractivity contribution in [1.29, 1.82) is 0 Å².